The van der Waals surface area contributed by atoms with Gasteiger partial charge < -0.3 is 0 Å². The number of nitrogens with zero attached hydrogens (tertiary/aromatic N) is 3. The van der Waals surface area contributed by atoms with Gasteiger partial charge in [-0.1, -0.05) is 141 Å². The molecule has 254 valence electrons. The number of benzene rings is 8. The van der Waals surface area contributed by atoms with Gasteiger partial charge in [-0.05, 0) is 91.3 Å². The van der Waals surface area contributed by atoms with E-state index in [-0.39, 0.29) is 5.41 Å². The van der Waals surface area contributed by atoms with Gasteiger partial charge in [0.25, 0.3) is 0 Å². The molecule has 54 heavy (non-hydrogen) atoms. The molecule has 0 atom stereocenters. The molecule has 0 saturated carbocycles. The molecule has 0 fully saturated rings. The number of hydrogen-bond donors (Lipinski definition) is 0. The summed E-state index contributed by atoms with van der Waals surface area (Å²) in [5, 5.41) is 7.34. The first kappa shape index (κ1) is 31.1. The van der Waals surface area contributed by atoms with Crippen LogP contribution in [0.15, 0.2) is 164 Å². The molecule has 2 aromatic heterocycles. The Morgan fingerprint density at radius 1 is 0.370 bits per heavy atom. The molecule has 0 N–H and O–H groups in total. The maximum atomic E-state index is 5.22. The van der Waals surface area contributed by atoms with Crippen molar-refractivity contribution in [1.29, 1.82) is 0 Å². The van der Waals surface area contributed by atoms with E-state index in [4.69, 9.17) is 15.0 Å². The van der Waals surface area contributed by atoms with Crippen LogP contribution in [0.2, 0.25) is 0 Å². The molecule has 8 aromatic carbocycles. The van der Waals surface area contributed by atoms with Gasteiger partial charge >= 0.3 is 0 Å². The molecule has 0 spiro atoms. The molecule has 0 saturated heterocycles. The predicted molar refractivity (Wildman–Crippen MR) is 227 cm³/mol. The number of fused-ring (bicyclic) bond motifs is 8. The van der Waals surface area contributed by atoms with Gasteiger partial charge in [-0.15, -0.1) is 11.3 Å². The van der Waals surface area contributed by atoms with E-state index < -0.39 is 0 Å². The summed E-state index contributed by atoms with van der Waals surface area (Å²) >= 11 is 1.81. The van der Waals surface area contributed by atoms with Gasteiger partial charge in [0, 0.05) is 42.3 Å². The van der Waals surface area contributed by atoms with E-state index in [1.807, 2.05) is 11.3 Å². The van der Waals surface area contributed by atoms with E-state index in [0.29, 0.717) is 17.5 Å². The zero-order valence-electron chi connectivity index (χ0n) is 29.8. The van der Waals surface area contributed by atoms with Crippen molar-refractivity contribution in [3.05, 3.63) is 175 Å². The number of rotatable bonds is 4. The van der Waals surface area contributed by atoms with Crippen LogP contribution >= 0.6 is 11.3 Å². The highest BCUT2D eigenvalue weighted by Gasteiger charge is 2.35. The third-order valence-corrected chi connectivity index (χ3v) is 12.4. The monoisotopic (exact) mass is 707 g/mol. The minimum absolute atomic E-state index is 0.131. The first-order chi connectivity index (χ1) is 26.5. The van der Waals surface area contributed by atoms with Crippen molar-refractivity contribution in [1.82, 2.24) is 15.0 Å². The Morgan fingerprint density at radius 2 is 0.889 bits per heavy atom. The fourth-order valence-electron chi connectivity index (χ4n) is 8.41. The molecule has 3 nitrogen and oxygen atoms in total. The summed E-state index contributed by atoms with van der Waals surface area (Å²) in [5.74, 6) is 2.00. The van der Waals surface area contributed by atoms with Crippen molar-refractivity contribution < 1.29 is 0 Å². The smallest absolute Gasteiger partial charge is 0.164 e. The molecule has 0 radical (unpaired) electrons. The van der Waals surface area contributed by atoms with Crippen molar-refractivity contribution in [3.8, 4) is 56.4 Å². The zero-order valence-corrected chi connectivity index (χ0v) is 30.7. The second-order valence-corrected chi connectivity index (χ2v) is 16.0. The van der Waals surface area contributed by atoms with Crippen LogP contribution in [0.25, 0.3) is 98.1 Å². The lowest BCUT2D eigenvalue weighted by Crippen LogP contribution is -2.15. The average Bonchev–Trinajstić information content (AvgIpc) is 3.71. The van der Waals surface area contributed by atoms with E-state index in [9.17, 15) is 0 Å². The summed E-state index contributed by atoms with van der Waals surface area (Å²) in [7, 11) is 0. The highest BCUT2D eigenvalue weighted by molar-refractivity contribution is 7.25. The van der Waals surface area contributed by atoms with Gasteiger partial charge in [0.2, 0.25) is 0 Å². The first-order valence-electron chi connectivity index (χ1n) is 18.4. The second-order valence-electron chi connectivity index (χ2n) is 14.9. The van der Waals surface area contributed by atoms with Gasteiger partial charge in [-0.3, -0.25) is 0 Å². The highest BCUT2D eigenvalue weighted by atomic mass is 32.1. The number of aromatic nitrogens is 3. The normalized spacial score (nSPS) is 13.1. The van der Waals surface area contributed by atoms with Crippen LogP contribution in [0.4, 0.5) is 0 Å². The molecule has 10 aromatic rings. The van der Waals surface area contributed by atoms with Gasteiger partial charge in [0.15, 0.2) is 17.5 Å². The second kappa shape index (κ2) is 11.8. The zero-order chi connectivity index (χ0) is 36.0. The maximum absolute atomic E-state index is 5.22. The van der Waals surface area contributed by atoms with Crippen LogP contribution in [0.1, 0.15) is 25.0 Å². The van der Waals surface area contributed by atoms with Crippen LogP contribution < -0.4 is 0 Å². The van der Waals surface area contributed by atoms with Gasteiger partial charge in [-0.2, -0.15) is 0 Å². The molecule has 11 rings (SSSR count). The van der Waals surface area contributed by atoms with E-state index in [0.717, 1.165) is 22.1 Å². The lowest BCUT2D eigenvalue weighted by atomic mass is 9.82. The maximum Gasteiger partial charge on any atom is 0.164 e. The van der Waals surface area contributed by atoms with Gasteiger partial charge in [-0.25, -0.2) is 15.0 Å². The average molecular weight is 708 g/mol. The van der Waals surface area contributed by atoms with Crippen LogP contribution in [0.5, 0.6) is 0 Å². The fourth-order valence-corrected chi connectivity index (χ4v) is 9.55. The third kappa shape index (κ3) is 4.91. The molecule has 0 amide bonds. The van der Waals surface area contributed by atoms with Gasteiger partial charge in [0.05, 0.1) is 0 Å². The fraction of sp³-hybridized carbons (Fsp3) is 0.0600. The minimum atomic E-state index is -0.131. The topological polar surface area (TPSA) is 38.7 Å². The lowest BCUT2D eigenvalue weighted by molar-refractivity contribution is 0.660. The Labute approximate surface area is 317 Å². The van der Waals surface area contributed by atoms with E-state index >= 15 is 0 Å². The summed E-state index contributed by atoms with van der Waals surface area (Å²) in [4.78, 5) is 15.6. The summed E-state index contributed by atoms with van der Waals surface area (Å²) < 4.78 is 2.50. The minimum Gasteiger partial charge on any atom is -0.208 e. The predicted octanol–water partition coefficient (Wildman–Crippen LogP) is 13.5. The Balaban J connectivity index is 1.07. The standard InChI is InChI=1S/C50H33N3S/c1-50(2)43-13-7-5-11-39(43)40-23-21-36(28-44(40)50)48-51-47(52-49(53-48)37-22-24-42-41-12-6-8-14-45(41)54-46(42)29-37)35-20-17-31-16-19-34(26-38(31)27-35)33-18-15-30-9-3-4-10-32(30)25-33/h3-29H,1-2H3. The van der Waals surface area contributed by atoms with Crippen LogP contribution in [0.3, 0.4) is 0 Å². The van der Waals surface area contributed by atoms with Crippen LogP contribution in [-0.4, -0.2) is 15.0 Å². The molecular formula is C50H33N3S. The van der Waals surface area contributed by atoms with Crippen molar-refractivity contribution in [2.45, 2.75) is 19.3 Å². The molecule has 0 bridgehead atoms. The number of thiophene rings is 1. The van der Waals surface area contributed by atoms with Crippen molar-refractivity contribution in [3.63, 3.8) is 0 Å². The molecule has 2 heterocycles. The molecular weight excluding hydrogens is 675 g/mol. The van der Waals surface area contributed by atoms with E-state index in [1.54, 1.807) is 0 Å². The summed E-state index contributed by atoms with van der Waals surface area (Å²) in [6.45, 7) is 4.63. The highest BCUT2D eigenvalue weighted by Crippen LogP contribution is 2.49. The molecule has 4 heteroatoms. The molecule has 0 aliphatic heterocycles. The quantitative estimate of drug-likeness (QED) is 0.183. The lowest BCUT2D eigenvalue weighted by Gasteiger charge is -2.21. The molecule has 0 unspecified atom stereocenters. The Morgan fingerprint density at radius 3 is 1.69 bits per heavy atom. The molecule has 1 aliphatic rings. The summed E-state index contributed by atoms with van der Waals surface area (Å²) in [6.07, 6.45) is 0. The molecule has 1 aliphatic carbocycles. The Kier molecular flexibility index (Phi) is 6.77. The Bertz CT molecular complexity index is 3150. The van der Waals surface area contributed by atoms with Crippen molar-refractivity contribution >= 4 is 53.1 Å². The van der Waals surface area contributed by atoms with Crippen LogP contribution in [-0.2, 0) is 5.41 Å². The largest absolute Gasteiger partial charge is 0.208 e. The van der Waals surface area contributed by atoms with Gasteiger partial charge in [0.1, 0.15) is 0 Å². The Hall–Kier alpha value is -6.49. The summed E-state index contributed by atoms with van der Waals surface area (Å²) in [5.41, 5.74) is 10.4. The van der Waals surface area contributed by atoms with Crippen molar-refractivity contribution in [2.24, 2.45) is 0 Å². The first-order valence-corrected chi connectivity index (χ1v) is 19.2. The van der Waals surface area contributed by atoms with Crippen LogP contribution in [0, 0.1) is 0 Å². The SMILES string of the molecule is CC1(C)c2ccccc2-c2ccc(-c3nc(-c4ccc5ccc(-c6ccc7ccccc7c6)cc5c4)nc(-c4ccc5c(c4)sc4ccccc45)n3)cc21. The van der Waals surface area contributed by atoms with E-state index in [1.165, 1.54) is 69.7 Å². The number of hydrogen-bond acceptors (Lipinski definition) is 4. The van der Waals surface area contributed by atoms with Crippen molar-refractivity contribution in [2.75, 3.05) is 0 Å². The van der Waals surface area contributed by atoms with E-state index in [2.05, 4.69) is 178 Å². The summed E-state index contributed by atoms with van der Waals surface area (Å²) in [6, 6.07) is 59.1. The third-order valence-electron chi connectivity index (χ3n) is 11.3.